The summed E-state index contributed by atoms with van der Waals surface area (Å²) in [5.41, 5.74) is -0.320. The molecule has 0 spiro atoms. The molecule has 3 N–H and O–H groups in total. The Morgan fingerprint density at radius 3 is 2.29 bits per heavy atom. The molecule has 7 nitrogen and oxygen atoms in total. The molecule has 130 valence electrons. The fourth-order valence-corrected chi connectivity index (χ4v) is 2.25. The minimum absolute atomic E-state index is 0.0350. The minimum Gasteiger partial charge on any atom is -0.478 e. The maximum Gasteiger partial charge on any atom is 0.336 e. The molecule has 0 amide bonds. The molecule has 0 aliphatic rings. The van der Waals surface area contributed by atoms with Crippen molar-refractivity contribution in [2.75, 3.05) is 0 Å². The lowest BCUT2D eigenvalue weighted by Crippen LogP contribution is -2.26. The van der Waals surface area contributed by atoms with Crippen LogP contribution >= 0.6 is 0 Å². The number of carbonyl (C=O) groups is 3. The number of carboxylic acid groups (broad SMARTS) is 2. The van der Waals surface area contributed by atoms with Gasteiger partial charge >= 0.3 is 17.9 Å². The van der Waals surface area contributed by atoms with Crippen molar-refractivity contribution >= 4 is 17.9 Å². The summed E-state index contributed by atoms with van der Waals surface area (Å²) in [6, 6.07) is 4.07. The molecule has 0 saturated heterocycles. The number of ether oxygens (including phenoxy) is 1. The number of aliphatic hydroxyl groups is 1. The number of aromatic carboxylic acids is 2. The second-order valence-corrected chi connectivity index (χ2v) is 5.55. The van der Waals surface area contributed by atoms with Crippen LogP contribution in [0.3, 0.4) is 0 Å². The Bertz CT molecular complexity index is 661. The van der Waals surface area contributed by atoms with Crippen LogP contribution in [0.15, 0.2) is 30.4 Å². The van der Waals surface area contributed by atoms with Crippen molar-refractivity contribution in [2.24, 2.45) is 0 Å². The zero-order chi connectivity index (χ0) is 18.4. The van der Waals surface area contributed by atoms with Crippen molar-refractivity contribution in [1.82, 2.24) is 0 Å². The second kappa shape index (κ2) is 8.26. The van der Waals surface area contributed by atoms with Gasteiger partial charge in [-0.25, -0.2) is 14.4 Å². The molecule has 24 heavy (non-hydrogen) atoms. The van der Waals surface area contributed by atoms with E-state index in [9.17, 15) is 24.6 Å². The van der Waals surface area contributed by atoms with Gasteiger partial charge in [0.1, 0.15) is 6.10 Å². The molecule has 0 radical (unpaired) electrons. The van der Waals surface area contributed by atoms with Gasteiger partial charge in [0.15, 0.2) is 0 Å². The topological polar surface area (TPSA) is 121 Å². The number of rotatable bonds is 8. The first-order chi connectivity index (χ1) is 11.1. The Kier molecular flexibility index (Phi) is 6.67. The number of esters is 1. The number of carboxylic acids is 2. The molecule has 2 unspecified atom stereocenters. The van der Waals surface area contributed by atoms with Crippen molar-refractivity contribution in [2.45, 2.75) is 38.9 Å². The van der Waals surface area contributed by atoms with E-state index in [1.165, 1.54) is 32.0 Å². The maximum atomic E-state index is 11.7. The lowest BCUT2D eigenvalue weighted by atomic mass is 9.95. The zero-order valence-electron chi connectivity index (χ0n) is 13.5. The molecule has 0 saturated carbocycles. The van der Waals surface area contributed by atoms with Crippen LogP contribution in [-0.2, 0) is 16.0 Å². The summed E-state index contributed by atoms with van der Waals surface area (Å²) in [4.78, 5) is 34.4. The fourth-order valence-electron chi connectivity index (χ4n) is 2.25. The van der Waals surface area contributed by atoms with E-state index in [-0.39, 0.29) is 35.1 Å². The zero-order valence-corrected chi connectivity index (χ0v) is 13.5. The first-order valence-electron chi connectivity index (χ1n) is 7.26. The highest BCUT2D eigenvalue weighted by Crippen LogP contribution is 2.20. The molecule has 0 fully saturated rings. The Morgan fingerprint density at radius 1 is 1.21 bits per heavy atom. The van der Waals surface area contributed by atoms with Gasteiger partial charge in [-0.3, -0.25) is 0 Å². The predicted octanol–water partition coefficient (Wildman–Crippen LogP) is 1.88. The molecule has 0 aliphatic heterocycles. The number of benzene rings is 1. The second-order valence-electron chi connectivity index (χ2n) is 5.55. The van der Waals surface area contributed by atoms with E-state index in [4.69, 9.17) is 9.84 Å². The lowest BCUT2D eigenvalue weighted by molar-refractivity contribution is -0.145. The molecule has 1 aromatic rings. The Balaban J connectivity index is 3.19. The van der Waals surface area contributed by atoms with E-state index in [1.807, 2.05) is 0 Å². The summed E-state index contributed by atoms with van der Waals surface area (Å²) in [5.74, 6) is -3.41. The summed E-state index contributed by atoms with van der Waals surface area (Å²) >= 11 is 0. The van der Waals surface area contributed by atoms with Crippen LogP contribution in [0.2, 0.25) is 0 Å². The summed E-state index contributed by atoms with van der Waals surface area (Å²) in [6.07, 6.45) is -1.55. The third-order valence-electron chi connectivity index (χ3n) is 3.27. The number of hydrogen-bond acceptors (Lipinski definition) is 5. The van der Waals surface area contributed by atoms with Crippen LogP contribution in [0.5, 0.6) is 0 Å². The molecular weight excluding hydrogens is 316 g/mol. The maximum absolute atomic E-state index is 11.7. The SMILES string of the molecule is C=C(C)C(=O)OC(Cc1cccc(C(=O)O)c1C(=O)O)CC(C)O. The largest absolute Gasteiger partial charge is 0.478 e. The van der Waals surface area contributed by atoms with E-state index in [2.05, 4.69) is 6.58 Å². The normalized spacial score (nSPS) is 13.0. The molecule has 2 atom stereocenters. The molecule has 0 aliphatic carbocycles. The van der Waals surface area contributed by atoms with Gasteiger partial charge in [0.05, 0.1) is 17.2 Å². The van der Waals surface area contributed by atoms with Crippen LogP contribution in [-0.4, -0.2) is 45.4 Å². The van der Waals surface area contributed by atoms with Crippen molar-refractivity contribution < 1.29 is 34.4 Å². The number of hydrogen-bond donors (Lipinski definition) is 3. The van der Waals surface area contributed by atoms with E-state index in [1.54, 1.807) is 0 Å². The van der Waals surface area contributed by atoms with Gasteiger partial charge in [0.25, 0.3) is 0 Å². The van der Waals surface area contributed by atoms with Crippen molar-refractivity contribution in [3.8, 4) is 0 Å². The van der Waals surface area contributed by atoms with Crippen molar-refractivity contribution in [3.63, 3.8) is 0 Å². The van der Waals surface area contributed by atoms with Crippen molar-refractivity contribution in [3.05, 3.63) is 47.0 Å². The third kappa shape index (κ3) is 5.20. The molecular formula is C17H20O7. The predicted molar refractivity (Wildman–Crippen MR) is 85.1 cm³/mol. The quantitative estimate of drug-likeness (QED) is 0.489. The van der Waals surface area contributed by atoms with Crippen LogP contribution < -0.4 is 0 Å². The fraction of sp³-hybridized carbons (Fsp3) is 0.353. The molecule has 1 aromatic carbocycles. The monoisotopic (exact) mass is 336 g/mol. The minimum atomic E-state index is -1.38. The van der Waals surface area contributed by atoms with Gasteiger partial charge in [0, 0.05) is 18.4 Å². The summed E-state index contributed by atoms with van der Waals surface area (Å²) in [6.45, 7) is 6.44. The van der Waals surface area contributed by atoms with Crippen LogP contribution in [0.4, 0.5) is 0 Å². The molecule has 7 heteroatoms. The van der Waals surface area contributed by atoms with Gasteiger partial charge in [-0.15, -0.1) is 0 Å². The Hall–Kier alpha value is -2.67. The highest BCUT2D eigenvalue weighted by molar-refractivity contribution is 6.02. The van der Waals surface area contributed by atoms with Gasteiger partial charge in [-0.1, -0.05) is 18.7 Å². The van der Waals surface area contributed by atoms with Crippen molar-refractivity contribution in [1.29, 1.82) is 0 Å². The average Bonchev–Trinajstić information content (AvgIpc) is 2.45. The van der Waals surface area contributed by atoms with E-state index in [0.29, 0.717) is 0 Å². The molecule has 0 heterocycles. The summed E-state index contributed by atoms with van der Waals surface area (Å²) < 4.78 is 5.22. The van der Waals surface area contributed by atoms with Gasteiger partial charge in [0.2, 0.25) is 0 Å². The Morgan fingerprint density at radius 2 is 1.83 bits per heavy atom. The van der Waals surface area contributed by atoms with Gasteiger partial charge in [-0.2, -0.15) is 0 Å². The van der Waals surface area contributed by atoms with Crippen LogP contribution in [0.1, 0.15) is 46.5 Å². The third-order valence-corrected chi connectivity index (χ3v) is 3.27. The molecule has 1 rings (SSSR count). The highest BCUT2D eigenvalue weighted by atomic mass is 16.5. The van der Waals surface area contributed by atoms with E-state index >= 15 is 0 Å². The summed E-state index contributed by atoms with van der Waals surface area (Å²) in [5, 5.41) is 28.0. The Labute approximate surface area is 139 Å². The van der Waals surface area contributed by atoms with Gasteiger partial charge < -0.3 is 20.1 Å². The average molecular weight is 336 g/mol. The van der Waals surface area contributed by atoms with Crippen LogP contribution in [0.25, 0.3) is 0 Å². The molecule has 0 aromatic heterocycles. The lowest BCUT2D eigenvalue weighted by Gasteiger charge is -2.20. The van der Waals surface area contributed by atoms with Crippen LogP contribution in [0, 0.1) is 0 Å². The first-order valence-corrected chi connectivity index (χ1v) is 7.26. The number of carbonyl (C=O) groups excluding carboxylic acids is 1. The highest BCUT2D eigenvalue weighted by Gasteiger charge is 2.24. The standard InChI is InChI=1S/C17H20O7/c1-9(2)17(23)24-12(7-10(3)18)8-11-5-4-6-13(15(19)20)14(11)16(21)22/h4-6,10,12,18H,1,7-8H2,2-3H3,(H,19,20)(H,21,22). The first kappa shape index (κ1) is 19.4. The number of aliphatic hydroxyl groups excluding tert-OH is 1. The van der Waals surface area contributed by atoms with Gasteiger partial charge in [-0.05, 0) is 25.5 Å². The smallest absolute Gasteiger partial charge is 0.336 e. The van der Waals surface area contributed by atoms with E-state index in [0.717, 1.165) is 0 Å². The summed E-state index contributed by atoms with van der Waals surface area (Å²) in [7, 11) is 0. The van der Waals surface area contributed by atoms with E-state index < -0.39 is 30.1 Å². The molecule has 0 bridgehead atoms.